The smallest absolute Gasteiger partial charge is 0.223 e. The van der Waals surface area contributed by atoms with E-state index in [-0.39, 0.29) is 17.9 Å². The van der Waals surface area contributed by atoms with Gasteiger partial charge in [-0.3, -0.25) is 4.79 Å². The van der Waals surface area contributed by atoms with Crippen LogP contribution in [0, 0.1) is 5.92 Å². The zero-order valence-corrected chi connectivity index (χ0v) is 10.3. The molecule has 1 aromatic rings. The van der Waals surface area contributed by atoms with Crippen molar-refractivity contribution in [1.29, 1.82) is 0 Å². The summed E-state index contributed by atoms with van der Waals surface area (Å²) >= 11 is 0. The highest BCUT2D eigenvalue weighted by Crippen LogP contribution is 2.26. The van der Waals surface area contributed by atoms with Gasteiger partial charge in [0.1, 0.15) is 0 Å². The summed E-state index contributed by atoms with van der Waals surface area (Å²) < 4.78 is 0. The second kappa shape index (κ2) is 5.32. The van der Waals surface area contributed by atoms with Crippen LogP contribution in [0.5, 0.6) is 0 Å². The van der Waals surface area contributed by atoms with Gasteiger partial charge in [0, 0.05) is 18.5 Å². The summed E-state index contributed by atoms with van der Waals surface area (Å²) in [6, 6.07) is 8.45. The minimum atomic E-state index is 0.112. The fourth-order valence-electron chi connectivity index (χ4n) is 2.31. The van der Waals surface area contributed by atoms with Crippen molar-refractivity contribution in [2.75, 3.05) is 6.54 Å². The van der Waals surface area contributed by atoms with Crippen LogP contribution >= 0.6 is 0 Å². The van der Waals surface area contributed by atoms with E-state index >= 15 is 0 Å². The Morgan fingerprint density at radius 1 is 1.41 bits per heavy atom. The van der Waals surface area contributed by atoms with Crippen molar-refractivity contribution < 1.29 is 4.79 Å². The minimum Gasteiger partial charge on any atom is -0.356 e. The van der Waals surface area contributed by atoms with Gasteiger partial charge in [0.2, 0.25) is 5.91 Å². The van der Waals surface area contributed by atoms with E-state index in [1.54, 1.807) is 0 Å². The monoisotopic (exact) mass is 232 g/mol. The number of rotatable bonds is 4. The van der Waals surface area contributed by atoms with Crippen LogP contribution in [-0.2, 0) is 17.6 Å². The Kier molecular flexibility index (Phi) is 3.79. The third-order valence-corrected chi connectivity index (χ3v) is 3.32. The Labute approximate surface area is 102 Å². The number of nitrogens with two attached hydrogens (primary N) is 1. The molecule has 2 rings (SSSR count). The first-order valence-corrected chi connectivity index (χ1v) is 6.27. The van der Waals surface area contributed by atoms with E-state index in [2.05, 4.69) is 17.4 Å². The molecular formula is C14H20N2O. The highest BCUT2D eigenvalue weighted by molar-refractivity contribution is 5.80. The van der Waals surface area contributed by atoms with E-state index in [1.165, 1.54) is 11.1 Å². The number of hydrogen-bond donors (Lipinski definition) is 2. The molecule has 1 aromatic carbocycles. The number of fused-ring (bicyclic) bond motifs is 1. The molecule has 1 atom stereocenters. The second-order valence-electron chi connectivity index (χ2n) is 4.93. The van der Waals surface area contributed by atoms with Gasteiger partial charge in [-0.15, -0.1) is 0 Å². The lowest BCUT2D eigenvalue weighted by Crippen LogP contribution is -2.34. The van der Waals surface area contributed by atoms with Crippen LogP contribution in [0.2, 0.25) is 0 Å². The second-order valence-corrected chi connectivity index (χ2v) is 4.93. The van der Waals surface area contributed by atoms with Gasteiger partial charge in [0.25, 0.3) is 0 Å². The summed E-state index contributed by atoms with van der Waals surface area (Å²) in [5.41, 5.74) is 8.29. The Hall–Kier alpha value is -1.35. The van der Waals surface area contributed by atoms with Crippen molar-refractivity contribution in [3.05, 3.63) is 35.4 Å². The van der Waals surface area contributed by atoms with E-state index in [1.807, 2.05) is 19.1 Å². The molecule has 3 heteroatoms. The molecule has 3 N–H and O–H groups in total. The largest absolute Gasteiger partial charge is 0.356 e. The van der Waals surface area contributed by atoms with Crippen LogP contribution in [0.15, 0.2) is 24.3 Å². The van der Waals surface area contributed by atoms with Crippen LogP contribution in [-0.4, -0.2) is 18.5 Å². The molecule has 0 aliphatic heterocycles. The Bertz CT molecular complexity index is 376. The Morgan fingerprint density at radius 3 is 2.53 bits per heavy atom. The molecule has 1 unspecified atom stereocenters. The Balaban J connectivity index is 1.84. The molecule has 1 aliphatic rings. The molecule has 1 aliphatic carbocycles. The molecular weight excluding hydrogens is 212 g/mol. The number of hydrogen-bond acceptors (Lipinski definition) is 2. The van der Waals surface area contributed by atoms with Crippen LogP contribution in [0.25, 0.3) is 0 Å². The zero-order chi connectivity index (χ0) is 12.3. The first-order valence-electron chi connectivity index (χ1n) is 6.27. The molecule has 3 nitrogen and oxygen atoms in total. The quantitative estimate of drug-likeness (QED) is 0.821. The molecule has 0 bridgehead atoms. The number of benzene rings is 1. The van der Waals surface area contributed by atoms with Crippen LogP contribution < -0.4 is 11.1 Å². The van der Waals surface area contributed by atoms with E-state index < -0.39 is 0 Å². The summed E-state index contributed by atoms with van der Waals surface area (Å²) in [7, 11) is 0. The van der Waals surface area contributed by atoms with E-state index in [4.69, 9.17) is 5.73 Å². The summed E-state index contributed by atoms with van der Waals surface area (Å²) in [4.78, 5) is 11.9. The van der Waals surface area contributed by atoms with Gasteiger partial charge in [-0.25, -0.2) is 0 Å². The van der Waals surface area contributed by atoms with Crippen LogP contribution in [0.3, 0.4) is 0 Å². The highest BCUT2D eigenvalue weighted by Gasteiger charge is 2.26. The zero-order valence-electron chi connectivity index (χ0n) is 10.3. The number of amides is 1. The summed E-state index contributed by atoms with van der Waals surface area (Å²) in [6.45, 7) is 2.64. The molecule has 0 fully saturated rings. The topological polar surface area (TPSA) is 55.1 Å². The third-order valence-electron chi connectivity index (χ3n) is 3.32. The Morgan fingerprint density at radius 2 is 2.00 bits per heavy atom. The normalized spacial score (nSPS) is 16.6. The number of carbonyl (C=O) groups is 1. The van der Waals surface area contributed by atoms with Crippen molar-refractivity contribution in [1.82, 2.24) is 5.32 Å². The lowest BCUT2D eigenvalue weighted by Gasteiger charge is -2.11. The van der Waals surface area contributed by atoms with E-state index in [9.17, 15) is 4.79 Å². The lowest BCUT2D eigenvalue weighted by molar-refractivity contribution is -0.124. The maximum absolute atomic E-state index is 11.9. The minimum absolute atomic E-state index is 0.112. The molecule has 0 saturated carbocycles. The predicted octanol–water partition coefficient (Wildman–Crippen LogP) is 1.25. The van der Waals surface area contributed by atoms with Gasteiger partial charge in [-0.2, -0.15) is 0 Å². The molecule has 1 amide bonds. The van der Waals surface area contributed by atoms with Gasteiger partial charge in [-0.05, 0) is 37.3 Å². The standard InChI is InChI=1S/C14H20N2O/c1-10(15)6-7-16-14(17)13-8-11-4-2-3-5-12(11)9-13/h2-5,10,13H,6-9,15H2,1H3,(H,16,17). The molecule has 0 spiro atoms. The first-order chi connectivity index (χ1) is 8.16. The molecule has 0 radical (unpaired) electrons. The maximum Gasteiger partial charge on any atom is 0.223 e. The van der Waals surface area contributed by atoms with Gasteiger partial charge >= 0.3 is 0 Å². The third kappa shape index (κ3) is 3.07. The molecule has 92 valence electrons. The van der Waals surface area contributed by atoms with Gasteiger partial charge in [0.15, 0.2) is 0 Å². The first kappa shape index (κ1) is 12.1. The molecule has 0 saturated heterocycles. The van der Waals surface area contributed by atoms with E-state index in [0.717, 1.165) is 19.3 Å². The van der Waals surface area contributed by atoms with Crippen molar-refractivity contribution >= 4 is 5.91 Å². The number of nitrogens with one attached hydrogen (secondary N) is 1. The maximum atomic E-state index is 11.9. The van der Waals surface area contributed by atoms with E-state index in [0.29, 0.717) is 6.54 Å². The lowest BCUT2D eigenvalue weighted by atomic mass is 10.1. The molecule has 0 heterocycles. The van der Waals surface area contributed by atoms with Crippen molar-refractivity contribution in [3.8, 4) is 0 Å². The van der Waals surface area contributed by atoms with Crippen LogP contribution in [0.1, 0.15) is 24.5 Å². The number of carbonyl (C=O) groups excluding carboxylic acids is 1. The highest BCUT2D eigenvalue weighted by atomic mass is 16.1. The van der Waals surface area contributed by atoms with Gasteiger partial charge in [-0.1, -0.05) is 24.3 Å². The van der Waals surface area contributed by atoms with Crippen molar-refractivity contribution in [2.45, 2.75) is 32.2 Å². The fourth-order valence-corrected chi connectivity index (χ4v) is 2.31. The SMILES string of the molecule is CC(N)CCNC(=O)C1Cc2ccccc2C1. The summed E-state index contributed by atoms with van der Waals surface area (Å²) in [6.07, 6.45) is 2.59. The fraction of sp³-hybridized carbons (Fsp3) is 0.500. The average molecular weight is 232 g/mol. The predicted molar refractivity (Wildman–Crippen MR) is 68.6 cm³/mol. The summed E-state index contributed by atoms with van der Waals surface area (Å²) in [5.74, 6) is 0.280. The van der Waals surface area contributed by atoms with Crippen molar-refractivity contribution in [2.24, 2.45) is 11.7 Å². The van der Waals surface area contributed by atoms with Gasteiger partial charge in [0.05, 0.1) is 0 Å². The average Bonchev–Trinajstić information content (AvgIpc) is 2.71. The van der Waals surface area contributed by atoms with Crippen LogP contribution in [0.4, 0.5) is 0 Å². The molecule has 0 aromatic heterocycles. The molecule has 17 heavy (non-hydrogen) atoms. The van der Waals surface area contributed by atoms with Crippen molar-refractivity contribution in [3.63, 3.8) is 0 Å². The summed E-state index contributed by atoms with van der Waals surface area (Å²) in [5, 5.41) is 2.97. The van der Waals surface area contributed by atoms with Gasteiger partial charge < -0.3 is 11.1 Å².